The summed E-state index contributed by atoms with van der Waals surface area (Å²) >= 11 is 0. The van der Waals surface area contributed by atoms with E-state index in [1.54, 1.807) is 7.11 Å². The minimum absolute atomic E-state index is 0.192. The molecule has 1 saturated carbocycles. The average Bonchev–Trinajstić information content (AvgIpc) is 3.33. The molecule has 4 rings (SSSR count). The standard InChI is InChI=1S/C19H30FN5O/c1-19(2,21)14-9-23(10-15(14)20)16-7-4-12-8-24(22)11-25(13-5-6-13)17(12)18(16)26-3/h4,7,13-15H,5-6,8-11,21-22H2,1-3H3/t14-,15+/m0/s1. The van der Waals surface area contributed by atoms with Crippen molar-refractivity contribution in [2.45, 2.75) is 51.0 Å². The van der Waals surface area contributed by atoms with Gasteiger partial charge in [0.15, 0.2) is 5.75 Å². The largest absolute Gasteiger partial charge is 0.492 e. The first kappa shape index (κ1) is 17.8. The van der Waals surface area contributed by atoms with Crippen molar-refractivity contribution in [1.82, 2.24) is 5.01 Å². The molecule has 1 aromatic rings. The van der Waals surface area contributed by atoms with Gasteiger partial charge in [-0.25, -0.2) is 9.40 Å². The molecular weight excluding hydrogens is 333 g/mol. The predicted molar refractivity (Wildman–Crippen MR) is 102 cm³/mol. The Balaban J connectivity index is 1.71. The number of hydrogen-bond donors (Lipinski definition) is 2. The maximum absolute atomic E-state index is 14.7. The molecule has 1 aliphatic carbocycles. The lowest BCUT2D eigenvalue weighted by Crippen LogP contribution is -2.47. The minimum atomic E-state index is -0.935. The van der Waals surface area contributed by atoms with Gasteiger partial charge in [-0.1, -0.05) is 6.07 Å². The number of benzene rings is 1. The van der Waals surface area contributed by atoms with E-state index in [4.69, 9.17) is 16.3 Å². The van der Waals surface area contributed by atoms with E-state index in [0.29, 0.717) is 32.3 Å². The third kappa shape index (κ3) is 3.02. The number of hydrogen-bond acceptors (Lipinski definition) is 6. The molecule has 6 nitrogen and oxygen atoms in total. The Bertz CT molecular complexity index is 687. The van der Waals surface area contributed by atoms with E-state index in [2.05, 4.69) is 15.9 Å². The fourth-order valence-electron chi connectivity index (χ4n) is 4.38. The van der Waals surface area contributed by atoms with Crippen LogP contribution in [0.2, 0.25) is 0 Å². The zero-order chi connectivity index (χ0) is 18.6. The van der Waals surface area contributed by atoms with Crippen LogP contribution in [0, 0.1) is 5.92 Å². The van der Waals surface area contributed by atoms with Crippen molar-refractivity contribution in [1.29, 1.82) is 0 Å². The fourth-order valence-corrected chi connectivity index (χ4v) is 4.38. The SMILES string of the molecule is COc1c(N2C[C@@H](F)[C@@H](C(C)(C)N)C2)ccc2c1N(C1CC1)CN(N)C2. The Morgan fingerprint density at radius 3 is 2.54 bits per heavy atom. The summed E-state index contributed by atoms with van der Waals surface area (Å²) in [4.78, 5) is 4.43. The third-order valence-corrected chi connectivity index (χ3v) is 5.93. The second kappa shape index (κ2) is 6.25. The molecule has 7 heteroatoms. The smallest absolute Gasteiger partial charge is 0.165 e. The van der Waals surface area contributed by atoms with Crippen LogP contribution < -0.4 is 26.1 Å². The highest BCUT2D eigenvalue weighted by Crippen LogP contribution is 2.47. The summed E-state index contributed by atoms with van der Waals surface area (Å²) in [5.41, 5.74) is 8.91. The van der Waals surface area contributed by atoms with E-state index in [1.807, 2.05) is 24.9 Å². The molecular formula is C19H30FN5O. The van der Waals surface area contributed by atoms with Gasteiger partial charge in [0.1, 0.15) is 6.17 Å². The Morgan fingerprint density at radius 2 is 1.96 bits per heavy atom. The van der Waals surface area contributed by atoms with Gasteiger partial charge in [-0.15, -0.1) is 0 Å². The molecule has 1 saturated heterocycles. The van der Waals surface area contributed by atoms with Gasteiger partial charge >= 0.3 is 0 Å². The maximum Gasteiger partial charge on any atom is 0.165 e. The summed E-state index contributed by atoms with van der Waals surface area (Å²) in [7, 11) is 1.70. The Kier molecular flexibility index (Phi) is 4.28. The van der Waals surface area contributed by atoms with Gasteiger partial charge < -0.3 is 20.3 Å². The number of fused-ring (bicyclic) bond motifs is 1. The first-order valence-corrected chi connectivity index (χ1v) is 9.43. The van der Waals surface area contributed by atoms with Gasteiger partial charge in [-0.05, 0) is 38.3 Å². The Morgan fingerprint density at radius 1 is 1.23 bits per heavy atom. The van der Waals surface area contributed by atoms with Crippen LogP contribution in [0.25, 0.3) is 0 Å². The summed E-state index contributed by atoms with van der Waals surface area (Å²) in [6, 6.07) is 4.67. The van der Waals surface area contributed by atoms with E-state index in [0.717, 1.165) is 22.7 Å². The third-order valence-electron chi connectivity index (χ3n) is 5.93. The van der Waals surface area contributed by atoms with Gasteiger partial charge in [-0.2, -0.15) is 0 Å². The lowest BCUT2D eigenvalue weighted by atomic mass is 9.87. The number of anilines is 2. The minimum Gasteiger partial charge on any atom is -0.492 e. The van der Waals surface area contributed by atoms with Crippen LogP contribution in [-0.2, 0) is 6.54 Å². The van der Waals surface area contributed by atoms with Crippen molar-refractivity contribution in [2.24, 2.45) is 17.5 Å². The summed E-state index contributed by atoms with van der Waals surface area (Å²) < 4.78 is 20.5. The zero-order valence-electron chi connectivity index (χ0n) is 15.9. The van der Waals surface area contributed by atoms with E-state index < -0.39 is 11.7 Å². The van der Waals surface area contributed by atoms with Crippen LogP contribution >= 0.6 is 0 Å². The molecule has 0 spiro atoms. The van der Waals surface area contributed by atoms with Crippen LogP contribution in [0.1, 0.15) is 32.3 Å². The first-order chi connectivity index (χ1) is 12.3. The van der Waals surface area contributed by atoms with Crippen molar-refractivity contribution in [2.75, 3.05) is 36.7 Å². The molecule has 3 aliphatic rings. The molecule has 0 bridgehead atoms. The highest BCUT2D eigenvalue weighted by atomic mass is 19.1. The average molecular weight is 363 g/mol. The number of ether oxygens (including phenoxy) is 1. The second-order valence-corrected chi connectivity index (χ2v) is 8.56. The van der Waals surface area contributed by atoms with E-state index in [-0.39, 0.29) is 5.92 Å². The van der Waals surface area contributed by atoms with Crippen molar-refractivity contribution in [3.63, 3.8) is 0 Å². The van der Waals surface area contributed by atoms with Crippen LogP contribution in [0.5, 0.6) is 5.75 Å². The maximum atomic E-state index is 14.7. The molecule has 1 aromatic carbocycles. The molecule has 26 heavy (non-hydrogen) atoms. The Labute approximate surface area is 154 Å². The van der Waals surface area contributed by atoms with Crippen LogP contribution in [-0.4, -0.2) is 49.6 Å². The molecule has 144 valence electrons. The van der Waals surface area contributed by atoms with Crippen LogP contribution in [0.4, 0.5) is 15.8 Å². The molecule has 2 heterocycles. The predicted octanol–water partition coefficient (Wildman–Crippen LogP) is 1.82. The van der Waals surface area contributed by atoms with Gasteiger partial charge in [0, 0.05) is 37.1 Å². The zero-order valence-corrected chi connectivity index (χ0v) is 15.9. The quantitative estimate of drug-likeness (QED) is 0.795. The number of methoxy groups -OCH3 is 1. The van der Waals surface area contributed by atoms with Crippen molar-refractivity contribution in [3.05, 3.63) is 17.7 Å². The number of halogens is 1. The van der Waals surface area contributed by atoms with Gasteiger partial charge in [0.2, 0.25) is 0 Å². The lowest BCUT2D eigenvalue weighted by Gasteiger charge is -2.38. The van der Waals surface area contributed by atoms with Gasteiger partial charge in [0.05, 0.1) is 25.2 Å². The molecule has 0 amide bonds. The van der Waals surface area contributed by atoms with Gasteiger partial charge in [-0.3, -0.25) is 5.84 Å². The lowest BCUT2D eigenvalue weighted by molar-refractivity contribution is 0.208. The van der Waals surface area contributed by atoms with Crippen molar-refractivity contribution in [3.8, 4) is 5.75 Å². The number of hydrazine groups is 1. The topological polar surface area (TPSA) is 71.0 Å². The molecule has 0 aromatic heterocycles. The van der Waals surface area contributed by atoms with E-state index in [9.17, 15) is 4.39 Å². The summed E-state index contributed by atoms with van der Waals surface area (Å²) in [6.07, 6.45) is 1.43. The summed E-state index contributed by atoms with van der Waals surface area (Å²) in [6.45, 7) is 6.16. The molecule has 0 radical (unpaired) electrons. The number of nitrogens with two attached hydrogens (primary N) is 2. The van der Waals surface area contributed by atoms with E-state index >= 15 is 0 Å². The normalized spacial score (nSPS) is 27.0. The van der Waals surface area contributed by atoms with Gasteiger partial charge in [0.25, 0.3) is 0 Å². The van der Waals surface area contributed by atoms with E-state index in [1.165, 1.54) is 12.8 Å². The highest BCUT2D eigenvalue weighted by Gasteiger charge is 2.43. The number of nitrogens with zero attached hydrogens (tertiary/aromatic N) is 3. The monoisotopic (exact) mass is 363 g/mol. The highest BCUT2D eigenvalue weighted by molar-refractivity contribution is 5.77. The fraction of sp³-hybridized carbons (Fsp3) is 0.684. The number of alkyl halides is 1. The molecule has 4 N–H and O–H groups in total. The molecule has 0 unspecified atom stereocenters. The summed E-state index contributed by atoms with van der Waals surface area (Å²) in [5.74, 6) is 6.76. The Hall–Kier alpha value is -1.57. The van der Waals surface area contributed by atoms with Crippen molar-refractivity contribution < 1.29 is 9.13 Å². The van der Waals surface area contributed by atoms with Crippen LogP contribution in [0.3, 0.4) is 0 Å². The first-order valence-electron chi connectivity index (χ1n) is 9.43. The number of rotatable bonds is 4. The molecule has 2 atom stereocenters. The van der Waals surface area contributed by atoms with Crippen molar-refractivity contribution >= 4 is 11.4 Å². The van der Waals surface area contributed by atoms with Crippen LogP contribution in [0.15, 0.2) is 12.1 Å². The summed E-state index contributed by atoms with van der Waals surface area (Å²) in [5, 5.41) is 1.83. The molecule has 2 fully saturated rings. The molecule has 2 aliphatic heterocycles. The second-order valence-electron chi connectivity index (χ2n) is 8.56.